The van der Waals surface area contributed by atoms with E-state index >= 15 is 0 Å². The highest BCUT2D eigenvalue weighted by atomic mass is 35.5. The molecule has 4 rings (SSSR count). The van der Waals surface area contributed by atoms with E-state index in [2.05, 4.69) is 48.3 Å². The fourth-order valence-electron chi connectivity index (χ4n) is 4.92. The molecule has 184 valence electrons. The molecule has 0 aromatic heterocycles. The summed E-state index contributed by atoms with van der Waals surface area (Å²) in [7, 11) is 0. The molecule has 0 bridgehead atoms. The third-order valence-electron chi connectivity index (χ3n) is 7.14. The summed E-state index contributed by atoms with van der Waals surface area (Å²) >= 11 is 12.0. The van der Waals surface area contributed by atoms with Gasteiger partial charge in [-0.1, -0.05) is 55.2 Å². The van der Waals surface area contributed by atoms with Crippen LogP contribution >= 0.6 is 23.2 Å². The SMILES string of the molecule is CC(C)COc1ccccc1CN1CCC2(CC1)CCN(C(=O)Nc1ccc(Cl)c(Cl)c1)CC2. The molecule has 34 heavy (non-hydrogen) atoms. The fraction of sp³-hybridized carbons (Fsp3) is 0.519. The number of para-hydroxylation sites is 1. The van der Waals surface area contributed by atoms with Gasteiger partial charge >= 0.3 is 6.03 Å². The number of benzene rings is 2. The molecule has 5 nitrogen and oxygen atoms in total. The number of anilines is 1. The molecule has 2 aromatic rings. The summed E-state index contributed by atoms with van der Waals surface area (Å²) in [6.45, 7) is 9.79. The number of hydrogen-bond acceptors (Lipinski definition) is 3. The van der Waals surface area contributed by atoms with E-state index in [0.29, 0.717) is 27.1 Å². The molecule has 2 fully saturated rings. The minimum Gasteiger partial charge on any atom is -0.493 e. The predicted molar refractivity (Wildman–Crippen MR) is 140 cm³/mol. The van der Waals surface area contributed by atoms with Gasteiger partial charge in [-0.2, -0.15) is 0 Å². The Morgan fingerprint density at radius 3 is 2.35 bits per heavy atom. The molecule has 2 saturated heterocycles. The third-order valence-corrected chi connectivity index (χ3v) is 7.88. The van der Waals surface area contributed by atoms with Gasteiger partial charge in [-0.05, 0) is 74.4 Å². The quantitative estimate of drug-likeness (QED) is 0.464. The van der Waals surface area contributed by atoms with Gasteiger partial charge in [0.2, 0.25) is 0 Å². The zero-order chi connectivity index (χ0) is 24.1. The van der Waals surface area contributed by atoms with Crippen molar-refractivity contribution < 1.29 is 9.53 Å². The molecule has 2 aliphatic rings. The van der Waals surface area contributed by atoms with Crippen LogP contribution in [0.15, 0.2) is 42.5 Å². The predicted octanol–water partition coefficient (Wildman–Crippen LogP) is 6.94. The van der Waals surface area contributed by atoms with Gasteiger partial charge in [0.15, 0.2) is 0 Å². The van der Waals surface area contributed by atoms with Gasteiger partial charge in [-0.15, -0.1) is 0 Å². The van der Waals surface area contributed by atoms with E-state index in [-0.39, 0.29) is 6.03 Å². The first-order valence-electron chi connectivity index (χ1n) is 12.3. The fourth-order valence-corrected chi connectivity index (χ4v) is 5.22. The largest absolute Gasteiger partial charge is 0.493 e. The minimum atomic E-state index is -0.0660. The van der Waals surface area contributed by atoms with Crippen LogP contribution in [0.3, 0.4) is 0 Å². The van der Waals surface area contributed by atoms with Crippen LogP contribution in [-0.4, -0.2) is 48.6 Å². The molecule has 2 aliphatic heterocycles. The summed E-state index contributed by atoms with van der Waals surface area (Å²) < 4.78 is 6.06. The monoisotopic (exact) mass is 503 g/mol. The average molecular weight is 505 g/mol. The van der Waals surface area contributed by atoms with Crippen molar-refractivity contribution in [3.05, 3.63) is 58.1 Å². The maximum absolute atomic E-state index is 12.7. The molecule has 7 heteroatoms. The average Bonchev–Trinajstić information content (AvgIpc) is 2.83. The number of piperidine rings is 2. The molecule has 0 unspecified atom stereocenters. The van der Waals surface area contributed by atoms with Gasteiger partial charge in [0, 0.05) is 30.9 Å². The lowest BCUT2D eigenvalue weighted by Gasteiger charge is -2.47. The number of amides is 2. The first kappa shape index (κ1) is 25.2. The van der Waals surface area contributed by atoms with Crippen LogP contribution < -0.4 is 10.1 Å². The maximum Gasteiger partial charge on any atom is 0.321 e. The zero-order valence-electron chi connectivity index (χ0n) is 20.2. The van der Waals surface area contributed by atoms with Gasteiger partial charge in [0.25, 0.3) is 0 Å². The van der Waals surface area contributed by atoms with Crippen LogP contribution in [0.5, 0.6) is 5.75 Å². The summed E-state index contributed by atoms with van der Waals surface area (Å²) in [6.07, 6.45) is 4.49. The van der Waals surface area contributed by atoms with Crippen molar-refractivity contribution in [1.29, 1.82) is 0 Å². The van der Waals surface area contributed by atoms with Crippen LogP contribution in [0.4, 0.5) is 10.5 Å². The number of ether oxygens (including phenoxy) is 1. The highest BCUT2D eigenvalue weighted by molar-refractivity contribution is 6.42. The Labute approximate surface area is 213 Å². The van der Waals surface area contributed by atoms with Gasteiger partial charge in [0.1, 0.15) is 5.75 Å². The Morgan fingerprint density at radius 1 is 1.00 bits per heavy atom. The molecular weight excluding hydrogens is 469 g/mol. The first-order chi connectivity index (χ1) is 16.3. The van der Waals surface area contributed by atoms with Crippen molar-refractivity contribution in [1.82, 2.24) is 9.80 Å². The van der Waals surface area contributed by atoms with E-state index < -0.39 is 0 Å². The summed E-state index contributed by atoms with van der Waals surface area (Å²) in [5, 5.41) is 3.88. The molecule has 1 N–H and O–H groups in total. The number of carbonyl (C=O) groups excluding carboxylic acids is 1. The third kappa shape index (κ3) is 6.38. The number of nitrogens with zero attached hydrogens (tertiary/aromatic N) is 2. The van der Waals surface area contributed by atoms with Crippen molar-refractivity contribution in [2.75, 3.05) is 38.1 Å². The van der Waals surface area contributed by atoms with Crippen molar-refractivity contribution >= 4 is 34.9 Å². The Morgan fingerprint density at radius 2 is 1.68 bits per heavy atom. The van der Waals surface area contributed by atoms with E-state index in [0.717, 1.165) is 57.9 Å². The number of hydrogen-bond donors (Lipinski definition) is 1. The number of halogens is 2. The van der Waals surface area contributed by atoms with E-state index in [9.17, 15) is 4.79 Å². The van der Waals surface area contributed by atoms with Crippen LogP contribution in [-0.2, 0) is 6.54 Å². The zero-order valence-corrected chi connectivity index (χ0v) is 21.7. The van der Waals surface area contributed by atoms with Gasteiger partial charge < -0.3 is 15.0 Å². The van der Waals surface area contributed by atoms with Gasteiger partial charge in [0.05, 0.1) is 16.7 Å². The number of carbonyl (C=O) groups is 1. The molecule has 2 aromatic carbocycles. The van der Waals surface area contributed by atoms with Crippen molar-refractivity contribution in [2.45, 2.75) is 46.1 Å². The molecule has 0 aliphatic carbocycles. The van der Waals surface area contributed by atoms with Gasteiger partial charge in [-0.25, -0.2) is 4.79 Å². The topological polar surface area (TPSA) is 44.8 Å². The van der Waals surface area contributed by atoms with Gasteiger partial charge in [-0.3, -0.25) is 4.90 Å². The normalized spacial score (nSPS) is 18.3. The molecular formula is C27H35Cl2N3O2. The second-order valence-corrected chi connectivity index (χ2v) is 10.9. The van der Waals surface area contributed by atoms with E-state index in [1.807, 2.05) is 4.90 Å². The van der Waals surface area contributed by atoms with E-state index in [1.54, 1.807) is 18.2 Å². The maximum atomic E-state index is 12.7. The molecule has 2 heterocycles. The molecule has 0 saturated carbocycles. The van der Waals surface area contributed by atoms with Crippen LogP contribution in [0.1, 0.15) is 45.1 Å². The lowest BCUT2D eigenvalue weighted by Crippen LogP contribution is -2.49. The summed E-state index contributed by atoms with van der Waals surface area (Å²) in [6, 6.07) is 13.5. The molecule has 2 amide bonds. The summed E-state index contributed by atoms with van der Waals surface area (Å²) in [5.74, 6) is 1.53. The molecule has 1 spiro atoms. The highest BCUT2D eigenvalue weighted by Gasteiger charge is 2.38. The molecule has 0 radical (unpaired) electrons. The Balaban J connectivity index is 1.26. The summed E-state index contributed by atoms with van der Waals surface area (Å²) in [4.78, 5) is 17.2. The second kappa shape index (κ2) is 11.2. The van der Waals surface area contributed by atoms with E-state index in [1.165, 1.54) is 18.4 Å². The van der Waals surface area contributed by atoms with Crippen LogP contribution in [0, 0.1) is 11.3 Å². The smallest absolute Gasteiger partial charge is 0.321 e. The Kier molecular flexibility index (Phi) is 8.28. The van der Waals surface area contributed by atoms with Crippen molar-refractivity contribution in [2.24, 2.45) is 11.3 Å². The minimum absolute atomic E-state index is 0.0660. The number of rotatable bonds is 6. The van der Waals surface area contributed by atoms with Crippen LogP contribution in [0.2, 0.25) is 10.0 Å². The van der Waals surface area contributed by atoms with Crippen molar-refractivity contribution in [3.63, 3.8) is 0 Å². The van der Waals surface area contributed by atoms with E-state index in [4.69, 9.17) is 27.9 Å². The lowest BCUT2D eigenvalue weighted by molar-refractivity contribution is 0.0439. The van der Waals surface area contributed by atoms with Crippen molar-refractivity contribution in [3.8, 4) is 5.75 Å². The Hall–Kier alpha value is -1.95. The molecule has 0 atom stereocenters. The lowest BCUT2D eigenvalue weighted by atomic mass is 9.71. The highest BCUT2D eigenvalue weighted by Crippen LogP contribution is 2.42. The standard InChI is InChI=1S/C27H35Cl2N3O2/c1-20(2)19-34-25-6-4-3-5-21(25)18-31-13-9-27(10-14-31)11-15-32(16-12-27)26(33)30-22-7-8-23(28)24(29)17-22/h3-8,17,20H,9-16,18-19H2,1-2H3,(H,30,33). The second-order valence-electron chi connectivity index (χ2n) is 10.1. The summed E-state index contributed by atoms with van der Waals surface area (Å²) in [5.41, 5.74) is 2.29. The first-order valence-corrected chi connectivity index (χ1v) is 13.0. The number of nitrogens with one attached hydrogen (secondary N) is 1. The Bertz CT molecular complexity index is 980. The van der Waals surface area contributed by atoms with Crippen LogP contribution in [0.25, 0.3) is 0 Å². The number of urea groups is 1. The number of likely N-dealkylation sites (tertiary alicyclic amines) is 2.